The molecule has 1 fully saturated rings. The van der Waals surface area contributed by atoms with Crippen molar-refractivity contribution in [1.82, 2.24) is 4.67 Å². The van der Waals surface area contributed by atoms with Crippen LogP contribution in [0.2, 0.25) is 0 Å². The van der Waals surface area contributed by atoms with Crippen LogP contribution in [0.4, 0.5) is 5.69 Å². The molecule has 166 valence electrons. The number of rotatable bonds is 15. The summed E-state index contributed by atoms with van der Waals surface area (Å²) >= 11 is 1.73. The predicted octanol–water partition coefficient (Wildman–Crippen LogP) is 7.61. The molecule has 1 unspecified atom stereocenters. The van der Waals surface area contributed by atoms with Crippen molar-refractivity contribution in [2.75, 3.05) is 17.2 Å². The van der Waals surface area contributed by atoms with Gasteiger partial charge in [0, 0.05) is 18.3 Å². The lowest BCUT2D eigenvalue weighted by Crippen LogP contribution is -2.35. The van der Waals surface area contributed by atoms with Crippen molar-refractivity contribution in [2.24, 2.45) is 5.50 Å². The van der Waals surface area contributed by atoms with E-state index in [0.717, 1.165) is 31.6 Å². The molecule has 1 saturated carbocycles. The first-order chi connectivity index (χ1) is 14.1. The molecule has 0 radical (unpaired) electrons. The molecule has 0 aromatic heterocycles. The Balaban J connectivity index is 2.16. The lowest BCUT2D eigenvalue weighted by molar-refractivity contribution is 0.384. The van der Waals surface area contributed by atoms with E-state index in [0.29, 0.717) is 5.25 Å². The third-order valence-corrected chi connectivity index (χ3v) is 9.86. The first-order valence-corrected chi connectivity index (χ1v) is 14.3. The third-order valence-electron chi connectivity index (χ3n) is 5.73. The van der Waals surface area contributed by atoms with Crippen LogP contribution in [0, 0.1) is 0 Å². The van der Waals surface area contributed by atoms with Crippen LogP contribution in [0.15, 0.2) is 30.3 Å². The summed E-state index contributed by atoms with van der Waals surface area (Å²) in [5.41, 5.74) is 7.71. The van der Waals surface area contributed by atoms with Gasteiger partial charge in [-0.1, -0.05) is 83.4 Å². The minimum atomic E-state index is -3.15. The Morgan fingerprint density at radius 1 is 0.931 bits per heavy atom. The van der Waals surface area contributed by atoms with E-state index in [2.05, 4.69) is 18.5 Å². The average molecular weight is 440 g/mol. The largest absolute Gasteiger partial charge is 0.315 e. The van der Waals surface area contributed by atoms with Crippen molar-refractivity contribution >= 4 is 25.2 Å². The number of hydrogen-bond acceptors (Lipinski definition) is 2. The smallest absolute Gasteiger partial charge is 0.263 e. The molecule has 0 spiro atoms. The van der Waals surface area contributed by atoms with Gasteiger partial charge >= 0.3 is 7.59 Å². The van der Waals surface area contributed by atoms with E-state index < -0.39 is 7.59 Å². The van der Waals surface area contributed by atoms with E-state index in [1.54, 1.807) is 11.9 Å². The molecule has 1 aromatic carbocycles. The van der Waals surface area contributed by atoms with Gasteiger partial charge in [0.05, 0.1) is 5.69 Å². The first kappa shape index (κ1) is 24.8. The maximum atomic E-state index is 14.1. The molecule has 0 aliphatic heterocycles. The molecule has 2 rings (SSSR count). The molecule has 6 heteroatoms. The van der Waals surface area contributed by atoms with Gasteiger partial charge in [0.2, 0.25) is 0 Å². The fraction of sp³-hybridized carbons (Fsp3) is 0.739. The van der Waals surface area contributed by atoms with Crippen molar-refractivity contribution in [3.8, 4) is 0 Å². The molecule has 0 bridgehead atoms. The minimum Gasteiger partial charge on any atom is -0.263 e. The molecular formula is C23H42N3OPS. The van der Waals surface area contributed by atoms with Crippen molar-refractivity contribution in [2.45, 2.75) is 96.1 Å². The van der Waals surface area contributed by atoms with Crippen LogP contribution in [0.1, 0.15) is 90.9 Å². The van der Waals surface area contributed by atoms with Crippen LogP contribution in [-0.2, 0) is 4.57 Å². The van der Waals surface area contributed by atoms with Gasteiger partial charge in [0.25, 0.3) is 0 Å². The van der Waals surface area contributed by atoms with Crippen molar-refractivity contribution in [3.63, 3.8) is 0 Å². The van der Waals surface area contributed by atoms with Gasteiger partial charge in [-0.25, -0.2) is 8.75 Å². The van der Waals surface area contributed by atoms with Crippen LogP contribution in [0.25, 0.3) is 0 Å². The number of nitrogens with two attached hydrogens (primary N) is 1. The number of nitrogens with zero attached hydrogens (tertiary/aromatic N) is 2. The monoisotopic (exact) mass is 439 g/mol. The van der Waals surface area contributed by atoms with Crippen molar-refractivity contribution in [1.29, 1.82) is 0 Å². The summed E-state index contributed by atoms with van der Waals surface area (Å²) in [7, 11) is -3.15. The molecule has 1 aliphatic rings. The third kappa shape index (κ3) is 8.28. The van der Waals surface area contributed by atoms with Gasteiger partial charge in [-0.05, 0) is 49.8 Å². The maximum Gasteiger partial charge on any atom is 0.315 e. The molecule has 29 heavy (non-hydrogen) atoms. The van der Waals surface area contributed by atoms with Crippen LogP contribution < -0.4 is 9.58 Å². The maximum absolute atomic E-state index is 14.1. The summed E-state index contributed by atoms with van der Waals surface area (Å²) in [5, 5.41) is 0.522. The van der Waals surface area contributed by atoms with Gasteiger partial charge in [-0.15, -0.1) is 0 Å². The molecule has 4 nitrogen and oxygen atoms in total. The second-order valence-electron chi connectivity index (χ2n) is 8.28. The van der Waals surface area contributed by atoms with E-state index in [4.69, 9.17) is 5.50 Å². The van der Waals surface area contributed by atoms with Gasteiger partial charge in [0.1, 0.15) is 0 Å². The van der Waals surface area contributed by atoms with Gasteiger partial charge in [-0.2, -0.15) is 0 Å². The predicted molar refractivity (Wildman–Crippen MR) is 130 cm³/mol. The Bertz CT molecular complexity index is 583. The zero-order valence-electron chi connectivity index (χ0n) is 18.6. The molecule has 2 N–H and O–H groups in total. The van der Waals surface area contributed by atoms with Gasteiger partial charge < -0.3 is 0 Å². The zero-order chi connectivity index (χ0) is 21.0. The second-order valence-corrected chi connectivity index (χ2v) is 11.9. The molecule has 0 amide bonds. The Labute approximate surface area is 183 Å². The summed E-state index contributed by atoms with van der Waals surface area (Å²) in [6.07, 6.45) is 14.3. The lowest BCUT2D eigenvalue weighted by atomic mass is 10.2. The van der Waals surface area contributed by atoms with Crippen molar-refractivity contribution in [3.05, 3.63) is 30.3 Å². The van der Waals surface area contributed by atoms with E-state index in [-0.39, 0.29) is 0 Å². The van der Waals surface area contributed by atoms with E-state index in [1.807, 2.05) is 34.4 Å². The highest BCUT2D eigenvalue weighted by Crippen LogP contribution is 2.54. The number of unbranched alkanes of at least 4 members (excludes halogenated alkanes) is 6. The van der Waals surface area contributed by atoms with Crippen LogP contribution >= 0.6 is 19.5 Å². The fourth-order valence-electron chi connectivity index (χ4n) is 3.94. The van der Waals surface area contributed by atoms with E-state index >= 15 is 0 Å². The lowest BCUT2D eigenvalue weighted by Gasteiger charge is -2.38. The fourth-order valence-corrected chi connectivity index (χ4v) is 7.81. The summed E-state index contributed by atoms with van der Waals surface area (Å²) in [6.45, 7) is 6.11. The number of benzene rings is 1. The highest BCUT2D eigenvalue weighted by molar-refractivity contribution is 8.07. The Morgan fingerprint density at radius 3 is 2.00 bits per heavy atom. The molecule has 0 saturated heterocycles. The molecule has 1 aliphatic carbocycles. The summed E-state index contributed by atoms with van der Waals surface area (Å²) in [6, 6.07) is 10.1. The van der Waals surface area contributed by atoms with Gasteiger partial charge in [0.15, 0.2) is 0 Å². The second kappa shape index (κ2) is 13.7. The van der Waals surface area contributed by atoms with Crippen LogP contribution in [-0.4, -0.2) is 23.0 Å². The quantitative estimate of drug-likeness (QED) is 0.173. The highest BCUT2D eigenvalue weighted by Gasteiger charge is 2.36. The SMILES string of the molecule is CCCCCCN(CCCCCC)P(N)(=O)N(SC1CCCC1)c1ccccc1. The molecule has 0 heterocycles. The zero-order valence-corrected chi connectivity index (χ0v) is 20.3. The number of hydrogen-bond donors (Lipinski definition) is 1. The molecular weight excluding hydrogens is 397 g/mol. The van der Waals surface area contributed by atoms with Crippen molar-refractivity contribution < 1.29 is 4.57 Å². The average Bonchev–Trinajstić information content (AvgIpc) is 3.24. The number of anilines is 1. The summed E-state index contributed by atoms with van der Waals surface area (Å²) < 4.78 is 18.2. The number of para-hydroxylation sites is 1. The summed E-state index contributed by atoms with van der Waals surface area (Å²) in [4.78, 5) is 0. The van der Waals surface area contributed by atoms with Crippen LogP contribution in [0.5, 0.6) is 0 Å². The van der Waals surface area contributed by atoms with E-state index in [9.17, 15) is 4.57 Å². The first-order valence-electron chi connectivity index (χ1n) is 11.8. The highest BCUT2D eigenvalue weighted by atomic mass is 32.2. The Hall–Kier alpha value is -0.480. The van der Waals surface area contributed by atoms with E-state index in [1.165, 1.54) is 64.2 Å². The topological polar surface area (TPSA) is 49.6 Å². The Morgan fingerprint density at radius 2 is 1.48 bits per heavy atom. The van der Waals surface area contributed by atoms with Gasteiger partial charge in [-0.3, -0.25) is 10.1 Å². The van der Waals surface area contributed by atoms with Crippen LogP contribution in [0.3, 0.4) is 0 Å². The molecule has 1 aromatic rings. The standard InChI is InChI=1S/C23H42N3OPS/c1-3-5-7-14-20-25(21-15-8-6-4-2)28(24,27)26(22-16-10-9-11-17-22)29-23-18-12-13-19-23/h9-11,16-17,23H,3-8,12-15,18-21H2,1-2H3,(H2,24,27). The molecule has 1 atom stereocenters. The Kier molecular flexibility index (Phi) is 11.8. The minimum absolute atomic E-state index is 0.522. The normalized spacial score (nSPS) is 17.0. The summed E-state index contributed by atoms with van der Waals surface area (Å²) in [5.74, 6) is 0.